The van der Waals surface area contributed by atoms with E-state index < -0.39 is 0 Å². The first-order valence-corrected chi connectivity index (χ1v) is 7.27. The van der Waals surface area contributed by atoms with E-state index in [4.69, 9.17) is 0 Å². The fraction of sp³-hybridized carbons (Fsp3) is 0.857. The standard InChI is InChI=1S/C14H27N3O2/c1-11(2)14(19)17-9-6-12(7-10-17)16-13(18)5-4-8-15-3/h11-12,15H,4-10H2,1-3H3,(H,16,18). The number of nitrogens with zero attached hydrogens (tertiary/aromatic N) is 1. The van der Waals surface area contributed by atoms with Gasteiger partial charge in [0.05, 0.1) is 0 Å². The third kappa shape index (κ3) is 5.59. The van der Waals surface area contributed by atoms with Crippen LogP contribution in [0.5, 0.6) is 0 Å². The molecule has 0 spiro atoms. The van der Waals surface area contributed by atoms with E-state index in [1.807, 2.05) is 25.8 Å². The Morgan fingerprint density at radius 3 is 2.42 bits per heavy atom. The van der Waals surface area contributed by atoms with Gasteiger partial charge in [-0.05, 0) is 32.9 Å². The molecule has 0 atom stereocenters. The molecule has 1 fully saturated rings. The van der Waals surface area contributed by atoms with Gasteiger partial charge < -0.3 is 15.5 Å². The predicted molar refractivity (Wildman–Crippen MR) is 75.7 cm³/mol. The first kappa shape index (κ1) is 16.0. The zero-order valence-electron chi connectivity index (χ0n) is 12.4. The van der Waals surface area contributed by atoms with Crippen molar-refractivity contribution in [2.75, 3.05) is 26.7 Å². The largest absolute Gasteiger partial charge is 0.353 e. The highest BCUT2D eigenvalue weighted by molar-refractivity contribution is 5.78. The average molecular weight is 269 g/mol. The maximum atomic E-state index is 11.8. The molecule has 0 aromatic heterocycles. The fourth-order valence-electron chi connectivity index (χ4n) is 2.33. The maximum absolute atomic E-state index is 11.8. The van der Waals surface area contributed by atoms with Crippen LogP contribution in [-0.4, -0.2) is 49.4 Å². The van der Waals surface area contributed by atoms with E-state index in [-0.39, 0.29) is 23.8 Å². The van der Waals surface area contributed by atoms with E-state index in [2.05, 4.69) is 10.6 Å². The molecule has 0 aromatic carbocycles. The summed E-state index contributed by atoms with van der Waals surface area (Å²) in [6.45, 7) is 6.25. The Balaban J connectivity index is 2.23. The molecule has 0 radical (unpaired) electrons. The predicted octanol–water partition coefficient (Wildman–Crippen LogP) is 0.749. The summed E-state index contributed by atoms with van der Waals surface area (Å²) in [7, 11) is 1.89. The van der Waals surface area contributed by atoms with Crippen LogP contribution in [0.25, 0.3) is 0 Å². The van der Waals surface area contributed by atoms with Gasteiger partial charge in [0.1, 0.15) is 0 Å². The van der Waals surface area contributed by atoms with Crippen molar-refractivity contribution in [1.29, 1.82) is 0 Å². The number of rotatable bonds is 6. The zero-order chi connectivity index (χ0) is 14.3. The summed E-state index contributed by atoms with van der Waals surface area (Å²) in [6.07, 6.45) is 3.19. The molecule has 0 saturated carbocycles. The van der Waals surface area contributed by atoms with Crippen molar-refractivity contribution in [2.45, 2.75) is 45.6 Å². The van der Waals surface area contributed by atoms with E-state index in [1.54, 1.807) is 0 Å². The highest BCUT2D eigenvalue weighted by atomic mass is 16.2. The van der Waals surface area contributed by atoms with Crippen LogP contribution in [0.1, 0.15) is 39.5 Å². The van der Waals surface area contributed by atoms with Crippen molar-refractivity contribution in [1.82, 2.24) is 15.5 Å². The zero-order valence-corrected chi connectivity index (χ0v) is 12.4. The Morgan fingerprint density at radius 2 is 1.89 bits per heavy atom. The minimum atomic E-state index is 0.0627. The van der Waals surface area contributed by atoms with Gasteiger partial charge in [-0.1, -0.05) is 13.8 Å². The van der Waals surface area contributed by atoms with Crippen LogP contribution in [0.4, 0.5) is 0 Å². The van der Waals surface area contributed by atoms with Crippen molar-refractivity contribution in [3.8, 4) is 0 Å². The quantitative estimate of drug-likeness (QED) is 0.700. The van der Waals surface area contributed by atoms with E-state index >= 15 is 0 Å². The van der Waals surface area contributed by atoms with Gasteiger partial charge >= 0.3 is 0 Å². The number of nitrogens with one attached hydrogen (secondary N) is 2. The first-order chi connectivity index (χ1) is 9.04. The summed E-state index contributed by atoms with van der Waals surface area (Å²) >= 11 is 0. The number of amides is 2. The summed E-state index contributed by atoms with van der Waals surface area (Å²) in [5.74, 6) is 0.412. The summed E-state index contributed by atoms with van der Waals surface area (Å²) in [5, 5.41) is 6.09. The van der Waals surface area contributed by atoms with Gasteiger partial charge in [0.2, 0.25) is 11.8 Å². The normalized spacial score (nSPS) is 16.7. The number of carbonyl (C=O) groups excluding carboxylic acids is 2. The molecule has 0 aliphatic carbocycles. The van der Waals surface area contributed by atoms with Crippen LogP contribution in [0.15, 0.2) is 0 Å². The lowest BCUT2D eigenvalue weighted by molar-refractivity contribution is -0.135. The molecule has 0 aromatic rings. The van der Waals surface area contributed by atoms with Gasteiger partial charge in [0, 0.05) is 31.5 Å². The second kappa shape index (κ2) is 8.15. The minimum Gasteiger partial charge on any atom is -0.353 e. The van der Waals surface area contributed by atoms with E-state index in [9.17, 15) is 9.59 Å². The Bertz CT molecular complexity index is 297. The molecule has 0 bridgehead atoms. The molecule has 5 nitrogen and oxygen atoms in total. The highest BCUT2D eigenvalue weighted by Gasteiger charge is 2.24. The molecule has 19 heavy (non-hydrogen) atoms. The summed E-state index contributed by atoms with van der Waals surface area (Å²) in [4.78, 5) is 25.4. The van der Waals surface area contributed by atoms with Crippen molar-refractivity contribution in [2.24, 2.45) is 5.92 Å². The van der Waals surface area contributed by atoms with Gasteiger partial charge in [-0.3, -0.25) is 9.59 Å². The molecular formula is C14H27N3O2. The summed E-state index contributed by atoms with van der Waals surface area (Å²) in [6, 6.07) is 0.235. The van der Waals surface area contributed by atoms with Crippen molar-refractivity contribution >= 4 is 11.8 Å². The minimum absolute atomic E-state index is 0.0627. The summed E-state index contributed by atoms with van der Waals surface area (Å²) < 4.78 is 0. The van der Waals surface area contributed by atoms with E-state index in [0.717, 1.165) is 38.9 Å². The van der Waals surface area contributed by atoms with Crippen molar-refractivity contribution in [3.05, 3.63) is 0 Å². The molecule has 1 saturated heterocycles. The van der Waals surface area contributed by atoms with E-state index in [1.165, 1.54) is 0 Å². The molecule has 2 amide bonds. The number of likely N-dealkylation sites (tertiary alicyclic amines) is 1. The maximum Gasteiger partial charge on any atom is 0.225 e. The number of hydrogen-bond acceptors (Lipinski definition) is 3. The highest BCUT2D eigenvalue weighted by Crippen LogP contribution is 2.13. The van der Waals surface area contributed by atoms with Crippen molar-refractivity contribution < 1.29 is 9.59 Å². The van der Waals surface area contributed by atoms with Gasteiger partial charge in [0.25, 0.3) is 0 Å². The van der Waals surface area contributed by atoms with Gasteiger partial charge in [-0.2, -0.15) is 0 Å². The Labute approximate surface area is 116 Å². The topological polar surface area (TPSA) is 61.4 Å². The monoisotopic (exact) mass is 269 g/mol. The Kier molecular flexibility index (Phi) is 6.84. The number of piperidine rings is 1. The molecule has 1 aliphatic heterocycles. The molecule has 5 heteroatoms. The lowest BCUT2D eigenvalue weighted by atomic mass is 10.0. The molecule has 1 heterocycles. The lowest BCUT2D eigenvalue weighted by Gasteiger charge is -2.33. The second-order valence-electron chi connectivity index (χ2n) is 5.53. The first-order valence-electron chi connectivity index (χ1n) is 7.27. The third-order valence-corrected chi connectivity index (χ3v) is 3.50. The van der Waals surface area contributed by atoms with Crippen LogP contribution in [-0.2, 0) is 9.59 Å². The molecule has 2 N–H and O–H groups in total. The van der Waals surface area contributed by atoms with Crippen LogP contribution in [0.2, 0.25) is 0 Å². The smallest absolute Gasteiger partial charge is 0.225 e. The lowest BCUT2D eigenvalue weighted by Crippen LogP contribution is -2.47. The van der Waals surface area contributed by atoms with Crippen LogP contribution < -0.4 is 10.6 Å². The molecule has 1 rings (SSSR count). The average Bonchev–Trinajstić information content (AvgIpc) is 2.39. The molecule has 110 valence electrons. The van der Waals surface area contributed by atoms with Crippen LogP contribution >= 0.6 is 0 Å². The van der Waals surface area contributed by atoms with Gasteiger partial charge in [-0.25, -0.2) is 0 Å². The third-order valence-electron chi connectivity index (χ3n) is 3.50. The Hall–Kier alpha value is -1.10. The second-order valence-corrected chi connectivity index (χ2v) is 5.53. The SMILES string of the molecule is CNCCCC(=O)NC1CCN(C(=O)C(C)C)CC1. The van der Waals surface area contributed by atoms with Gasteiger partial charge in [-0.15, -0.1) is 0 Å². The van der Waals surface area contributed by atoms with Crippen molar-refractivity contribution in [3.63, 3.8) is 0 Å². The van der Waals surface area contributed by atoms with E-state index in [0.29, 0.717) is 6.42 Å². The Morgan fingerprint density at radius 1 is 1.26 bits per heavy atom. The van der Waals surface area contributed by atoms with Crippen LogP contribution in [0.3, 0.4) is 0 Å². The number of hydrogen-bond donors (Lipinski definition) is 2. The van der Waals surface area contributed by atoms with Crippen LogP contribution in [0, 0.1) is 5.92 Å². The molecule has 1 aliphatic rings. The number of carbonyl (C=O) groups is 2. The molecular weight excluding hydrogens is 242 g/mol. The van der Waals surface area contributed by atoms with Gasteiger partial charge in [0.15, 0.2) is 0 Å². The molecule has 0 unspecified atom stereocenters. The fourth-order valence-corrected chi connectivity index (χ4v) is 2.33. The summed E-state index contributed by atoms with van der Waals surface area (Å²) in [5.41, 5.74) is 0.